The number of benzene rings is 1. The number of guanidine groups is 1. The van der Waals surface area contributed by atoms with E-state index in [1.165, 1.54) is 24.8 Å². The molecule has 2 N–H and O–H groups in total. The van der Waals surface area contributed by atoms with Gasteiger partial charge in [0.2, 0.25) is 10.0 Å². The fourth-order valence-electron chi connectivity index (χ4n) is 3.68. The van der Waals surface area contributed by atoms with E-state index in [1.807, 2.05) is 0 Å². The summed E-state index contributed by atoms with van der Waals surface area (Å²) >= 11 is 0. The lowest BCUT2D eigenvalue weighted by atomic mass is 9.64. The molecule has 7 heteroatoms. The Kier molecular flexibility index (Phi) is 5.64. The van der Waals surface area contributed by atoms with Crippen molar-refractivity contribution < 1.29 is 8.42 Å². The molecule has 1 saturated carbocycles. The van der Waals surface area contributed by atoms with Crippen molar-refractivity contribution in [2.45, 2.75) is 31.1 Å². The van der Waals surface area contributed by atoms with Crippen LogP contribution in [0.1, 0.15) is 31.2 Å². The van der Waals surface area contributed by atoms with E-state index in [1.54, 1.807) is 11.4 Å². The molecule has 1 heterocycles. The van der Waals surface area contributed by atoms with Crippen molar-refractivity contribution >= 4 is 16.0 Å². The molecular weight excluding hydrogens is 336 g/mol. The Balaban J connectivity index is 1.49. The Morgan fingerprint density at radius 1 is 1.20 bits per heavy atom. The molecule has 1 aliphatic carbocycles. The Labute approximate surface area is 150 Å². The first-order chi connectivity index (χ1) is 12.1. The third-order valence-electron chi connectivity index (χ3n) is 5.37. The average molecular weight is 365 g/mol. The fourth-order valence-corrected chi connectivity index (χ4v) is 5.21. The van der Waals surface area contributed by atoms with E-state index >= 15 is 0 Å². The van der Waals surface area contributed by atoms with Crippen molar-refractivity contribution in [3.8, 4) is 0 Å². The van der Waals surface area contributed by atoms with Crippen LogP contribution in [-0.4, -0.2) is 57.7 Å². The van der Waals surface area contributed by atoms with Crippen LogP contribution in [0.2, 0.25) is 0 Å². The summed E-state index contributed by atoms with van der Waals surface area (Å²) in [5, 5.41) is 6.67. The molecule has 0 amide bonds. The highest BCUT2D eigenvalue weighted by atomic mass is 32.2. The summed E-state index contributed by atoms with van der Waals surface area (Å²) in [7, 11) is -1.28. The molecule has 138 valence electrons. The van der Waals surface area contributed by atoms with Gasteiger partial charge in [-0.2, -0.15) is 0 Å². The van der Waals surface area contributed by atoms with Gasteiger partial charge in [0.15, 0.2) is 5.96 Å². The summed E-state index contributed by atoms with van der Waals surface area (Å²) in [6.45, 7) is 2.54. The highest BCUT2D eigenvalue weighted by Crippen LogP contribution is 2.43. The Morgan fingerprint density at radius 2 is 1.96 bits per heavy atom. The standard InChI is InChI=1S/C18H28N4O2S/c1-19-17(20-11-13-22-12-6-14-25(22,23)24)21-15-18(9-5-10-18)16-7-3-2-4-8-16/h2-4,7-8H,5-6,9-15H2,1H3,(H2,19,20,21). The summed E-state index contributed by atoms with van der Waals surface area (Å²) in [5.41, 5.74) is 1.57. The van der Waals surface area contributed by atoms with Crippen molar-refractivity contribution in [3.63, 3.8) is 0 Å². The van der Waals surface area contributed by atoms with Crippen LogP contribution in [0, 0.1) is 0 Å². The maximum Gasteiger partial charge on any atom is 0.214 e. The maximum atomic E-state index is 11.8. The zero-order valence-electron chi connectivity index (χ0n) is 14.9. The zero-order valence-corrected chi connectivity index (χ0v) is 15.7. The van der Waals surface area contributed by atoms with Gasteiger partial charge in [-0.1, -0.05) is 36.8 Å². The minimum atomic E-state index is -3.03. The van der Waals surface area contributed by atoms with Gasteiger partial charge in [-0.3, -0.25) is 4.99 Å². The molecule has 0 unspecified atom stereocenters. The van der Waals surface area contributed by atoms with Gasteiger partial charge < -0.3 is 10.6 Å². The summed E-state index contributed by atoms with van der Waals surface area (Å²) in [6.07, 6.45) is 4.37. The first-order valence-electron chi connectivity index (χ1n) is 9.04. The average Bonchev–Trinajstić information content (AvgIpc) is 2.91. The van der Waals surface area contributed by atoms with E-state index in [0.717, 1.165) is 18.9 Å². The van der Waals surface area contributed by atoms with Crippen LogP contribution in [0.3, 0.4) is 0 Å². The van der Waals surface area contributed by atoms with Crippen LogP contribution < -0.4 is 10.6 Å². The topological polar surface area (TPSA) is 73.8 Å². The van der Waals surface area contributed by atoms with Gasteiger partial charge in [0.25, 0.3) is 0 Å². The van der Waals surface area contributed by atoms with E-state index in [-0.39, 0.29) is 11.2 Å². The van der Waals surface area contributed by atoms with Gasteiger partial charge >= 0.3 is 0 Å². The van der Waals surface area contributed by atoms with Crippen LogP contribution in [-0.2, 0) is 15.4 Å². The molecule has 1 saturated heterocycles. The third-order valence-corrected chi connectivity index (χ3v) is 7.33. The predicted octanol–water partition coefficient (Wildman–Crippen LogP) is 1.31. The summed E-state index contributed by atoms with van der Waals surface area (Å²) in [5.74, 6) is 1.01. The first-order valence-corrected chi connectivity index (χ1v) is 10.6. The molecule has 0 atom stereocenters. The van der Waals surface area contributed by atoms with Gasteiger partial charge in [0.1, 0.15) is 0 Å². The van der Waals surface area contributed by atoms with Crippen LogP contribution in [0.4, 0.5) is 0 Å². The second-order valence-electron chi connectivity index (χ2n) is 6.92. The van der Waals surface area contributed by atoms with E-state index in [4.69, 9.17) is 0 Å². The summed E-state index contributed by atoms with van der Waals surface area (Å²) in [6, 6.07) is 10.7. The molecule has 3 rings (SSSR count). The second-order valence-corrected chi connectivity index (χ2v) is 9.01. The van der Waals surface area contributed by atoms with E-state index in [2.05, 4.69) is 46.0 Å². The smallest absolute Gasteiger partial charge is 0.214 e. The molecule has 1 aliphatic heterocycles. The molecule has 1 aromatic rings. The van der Waals surface area contributed by atoms with Crippen LogP contribution >= 0.6 is 0 Å². The van der Waals surface area contributed by atoms with E-state index < -0.39 is 10.0 Å². The predicted molar refractivity (Wildman–Crippen MR) is 101 cm³/mol. The number of nitrogens with one attached hydrogen (secondary N) is 2. The minimum Gasteiger partial charge on any atom is -0.356 e. The Morgan fingerprint density at radius 3 is 2.52 bits per heavy atom. The molecule has 1 aromatic carbocycles. The molecule has 0 aromatic heterocycles. The quantitative estimate of drug-likeness (QED) is 0.590. The monoisotopic (exact) mass is 364 g/mol. The lowest BCUT2D eigenvalue weighted by Gasteiger charge is -2.43. The van der Waals surface area contributed by atoms with Crippen molar-refractivity contribution in [2.75, 3.05) is 39.0 Å². The van der Waals surface area contributed by atoms with Gasteiger partial charge in [0, 0.05) is 38.6 Å². The number of nitrogens with zero attached hydrogens (tertiary/aromatic N) is 2. The van der Waals surface area contributed by atoms with Gasteiger partial charge in [-0.15, -0.1) is 0 Å². The lowest BCUT2D eigenvalue weighted by Crippen LogP contribution is -2.49. The zero-order chi connectivity index (χ0) is 17.8. The number of sulfonamides is 1. The SMILES string of the molecule is CN=C(NCCN1CCCS1(=O)=O)NCC1(c2ccccc2)CCC1. The van der Waals surface area contributed by atoms with Gasteiger partial charge in [-0.25, -0.2) is 12.7 Å². The molecule has 0 spiro atoms. The highest BCUT2D eigenvalue weighted by molar-refractivity contribution is 7.89. The third kappa shape index (κ3) is 4.15. The Bertz CT molecular complexity index is 699. The molecule has 0 bridgehead atoms. The molecule has 2 fully saturated rings. The number of hydrogen-bond acceptors (Lipinski definition) is 3. The molecule has 0 radical (unpaired) electrons. The number of aliphatic imine (C=N–C) groups is 1. The van der Waals surface area contributed by atoms with Crippen LogP contribution in [0.5, 0.6) is 0 Å². The lowest BCUT2D eigenvalue weighted by molar-refractivity contribution is 0.244. The highest BCUT2D eigenvalue weighted by Gasteiger charge is 2.38. The van der Waals surface area contributed by atoms with E-state index in [9.17, 15) is 8.42 Å². The molecular formula is C18H28N4O2S. The van der Waals surface area contributed by atoms with Crippen LogP contribution in [0.15, 0.2) is 35.3 Å². The van der Waals surface area contributed by atoms with Crippen molar-refractivity contribution in [1.82, 2.24) is 14.9 Å². The largest absolute Gasteiger partial charge is 0.356 e. The fraction of sp³-hybridized carbons (Fsp3) is 0.611. The van der Waals surface area contributed by atoms with Gasteiger partial charge in [-0.05, 0) is 24.8 Å². The number of hydrogen-bond donors (Lipinski definition) is 2. The normalized spacial score (nSPS) is 22.4. The van der Waals surface area contributed by atoms with Crippen molar-refractivity contribution in [3.05, 3.63) is 35.9 Å². The maximum absolute atomic E-state index is 11.8. The second kappa shape index (κ2) is 7.74. The summed E-state index contributed by atoms with van der Waals surface area (Å²) < 4.78 is 25.2. The van der Waals surface area contributed by atoms with Crippen LogP contribution in [0.25, 0.3) is 0 Å². The van der Waals surface area contributed by atoms with Crippen molar-refractivity contribution in [2.24, 2.45) is 4.99 Å². The Hall–Kier alpha value is -1.60. The minimum absolute atomic E-state index is 0.192. The van der Waals surface area contributed by atoms with Crippen molar-refractivity contribution in [1.29, 1.82) is 0 Å². The molecule has 25 heavy (non-hydrogen) atoms. The molecule has 6 nitrogen and oxygen atoms in total. The number of rotatable bonds is 6. The summed E-state index contributed by atoms with van der Waals surface area (Å²) in [4.78, 5) is 4.27. The van der Waals surface area contributed by atoms with E-state index in [0.29, 0.717) is 19.6 Å². The molecule has 2 aliphatic rings. The van der Waals surface area contributed by atoms with Gasteiger partial charge in [0.05, 0.1) is 5.75 Å². The first kappa shape index (κ1) is 18.2.